The van der Waals surface area contributed by atoms with Crippen LogP contribution in [0.2, 0.25) is 0 Å². The Balaban J connectivity index is 2.97. The van der Waals surface area contributed by atoms with E-state index < -0.39 is 6.10 Å². The normalized spacial score (nSPS) is 13.9. The minimum atomic E-state index is -0.477. The quantitative estimate of drug-likeness (QED) is 0.274. The van der Waals surface area contributed by atoms with Gasteiger partial charge in [0.2, 0.25) is 0 Å². The van der Waals surface area contributed by atoms with Gasteiger partial charge >= 0.3 is 0 Å². The lowest BCUT2D eigenvalue weighted by Crippen LogP contribution is -2.08. The summed E-state index contributed by atoms with van der Waals surface area (Å²) in [6.45, 7) is 3.83. The van der Waals surface area contributed by atoms with E-state index in [-0.39, 0.29) is 6.61 Å². The van der Waals surface area contributed by atoms with Crippen molar-refractivity contribution in [1.82, 2.24) is 0 Å². The molecule has 0 aromatic rings. The number of hydrogen-bond acceptors (Lipinski definition) is 3. The van der Waals surface area contributed by atoms with Crippen LogP contribution < -0.4 is 0 Å². The topological polar surface area (TPSA) is 38.7 Å². The van der Waals surface area contributed by atoms with E-state index in [1.54, 1.807) is 6.92 Å². The van der Waals surface area contributed by atoms with E-state index >= 15 is 0 Å². The molecule has 0 radical (unpaired) electrons. The number of aliphatic hydroxyl groups is 1. The van der Waals surface area contributed by atoms with Crippen LogP contribution in [0.4, 0.5) is 0 Å². The first-order valence-corrected chi connectivity index (χ1v) is 3.38. The van der Waals surface area contributed by atoms with E-state index in [2.05, 4.69) is 9.78 Å². The molecule has 60 valence electrons. The first-order chi connectivity index (χ1) is 4.77. The molecule has 0 amide bonds. The van der Waals surface area contributed by atoms with E-state index in [9.17, 15) is 0 Å². The molecular weight excluding hydrogens is 132 g/mol. The van der Waals surface area contributed by atoms with E-state index in [0.29, 0.717) is 0 Å². The Labute approximate surface area is 61.2 Å². The van der Waals surface area contributed by atoms with Crippen molar-refractivity contribution in [2.24, 2.45) is 0 Å². The second-order valence-corrected chi connectivity index (χ2v) is 2.01. The third-order valence-electron chi connectivity index (χ3n) is 0.765. The fourth-order valence-corrected chi connectivity index (χ4v) is 0.313. The third kappa shape index (κ3) is 7.46. The predicted octanol–water partition coefficient (Wildman–Crippen LogP) is 1.24. The zero-order chi connectivity index (χ0) is 7.82. The lowest BCUT2D eigenvalue weighted by Gasteiger charge is -2.01. The van der Waals surface area contributed by atoms with Crippen LogP contribution in [0.25, 0.3) is 0 Å². The fraction of sp³-hybridized carbons (Fsp3) is 0.714. The van der Waals surface area contributed by atoms with Crippen LogP contribution in [0, 0.1) is 0 Å². The van der Waals surface area contributed by atoms with Crippen LogP contribution in [0.5, 0.6) is 0 Å². The van der Waals surface area contributed by atoms with Crippen molar-refractivity contribution in [3.8, 4) is 0 Å². The molecule has 0 bridgehead atoms. The van der Waals surface area contributed by atoms with Crippen LogP contribution in [0.1, 0.15) is 20.3 Å². The first-order valence-electron chi connectivity index (χ1n) is 3.38. The smallest absolute Gasteiger partial charge is 0.125 e. The summed E-state index contributed by atoms with van der Waals surface area (Å²) in [7, 11) is 0. The summed E-state index contributed by atoms with van der Waals surface area (Å²) in [5.74, 6) is 0. The summed E-state index contributed by atoms with van der Waals surface area (Å²) in [4.78, 5) is 9.10. The maximum absolute atomic E-state index is 8.68. The molecule has 0 aliphatic heterocycles. The zero-order valence-electron chi connectivity index (χ0n) is 6.41. The Bertz CT molecular complexity index is 88.9. The summed E-state index contributed by atoms with van der Waals surface area (Å²) < 4.78 is 0. The van der Waals surface area contributed by atoms with Gasteiger partial charge in [0.15, 0.2) is 0 Å². The van der Waals surface area contributed by atoms with E-state index in [1.165, 1.54) is 6.26 Å². The first kappa shape index (κ1) is 9.46. The molecule has 10 heavy (non-hydrogen) atoms. The van der Waals surface area contributed by atoms with Gasteiger partial charge in [0.25, 0.3) is 0 Å². The van der Waals surface area contributed by atoms with Gasteiger partial charge in [0.1, 0.15) is 12.9 Å². The number of rotatable bonds is 5. The molecule has 3 heteroatoms. The number of aliphatic hydroxyl groups excluding tert-OH is 1. The highest BCUT2D eigenvalue weighted by atomic mass is 17.2. The van der Waals surface area contributed by atoms with Gasteiger partial charge in [0.05, 0.1) is 6.10 Å². The largest absolute Gasteiger partial charge is 0.391 e. The van der Waals surface area contributed by atoms with Gasteiger partial charge < -0.3 is 9.99 Å². The van der Waals surface area contributed by atoms with Crippen molar-refractivity contribution in [3.63, 3.8) is 0 Å². The monoisotopic (exact) mass is 146 g/mol. The molecule has 1 atom stereocenters. The second-order valence-electron chi connectivity index (χ2n) is 2.01. The van der Waals surface area contributed by atoms with Crippen molar-refractivity contribution < 1.29 is 14.9 Å². The number of hydrogen-bond donors (Lipinski definition) is 1. The highest BCUT2D eigenvalue weighted by Gasteiger charge is 1.92. The van der Waals surface area contributed by atoms with Crippen molar-refractivity contribution in [2.45, 2.75) is 26.4 Å². The molecule has 0 aromatic carbocycles. The Morgan fingerprint density at radius 1 is 1.60 bits per heavy atom. The van der Waals surface area contributed by atoms with Gasteiger partial charge in [-0.25, -0.2) is 0 Å². The molecular formula is C7H14O3. The van der Waals surface area contributed by atoms with E-state index in [1.807, 2.05) is 13.0 Å². The predicted molar refractivity (Wildman–Crippen MR) is 38.1 cm³/mol. The van der Waals surface area contributed by atoms with Crippen LogP contribution in [0.15, 0.2) is 12.3 Å². The average molecular weight is 146 g/mol. The van der Waals surface area contributed by atoms with Crippen molar-refractivity contribution in [1.29, 1.82) is 0 Å². The van der Waals surface area contributed by atoms with Crippen LogP contribution >= 0.6 is 0 Å². The minimum absolute atomic E-state index is 0.202. The molecule has 0 aliphatic carbocycles. The molecule has 0 aliphatic rings. The van der Waals surface area contributed by atoms with Crippen molar-refractivity contribution >= 4 is 0 Å². The highest BCUT2D eigenvalue weighted by molar-refractivity contribution is 4.68. The van der Waals surface area contributed by atoms with Gasteiger partial charge in [0, 0.05) is 0 Å². The summed E-state index contributed by atoms with van der Waals surface area (Å²) in [6.07, 6.45) is 3.72. The fourth-order valence-electron chi connectivity index (χ4n) is 0.313. The van der Waals surface area contributed by atoms with Gasteiger partial charge in [-0.05, 0) is 19.4 Å². The van der Waals surface area contributed by atoms with Crippen LogP contribution in [-0.4, -0.2) is 17.8 Å². The lowest BCUT2D eigenvalue weighted by atomic mass is 10.5. The molecule has 0 saturated carbocycles. The summed E-state index contributed by atoms with van der Waals surface area (Å²) in [5, 5.41) is 8.68. The Kier molecular flexibility index (Phi) is 6.22. The lowest BCUT2D eigenvalue weighted by molar-refractivity contribution is -0.260. The van der Waals surface area contributed by atoms with Gasteiger partial charge in [-0.2, -0.15) is 4.89 Å². The van der Waals surface area contributed by atoms with Crippen molar-refractivity contribution in [2.75, 3.05) is 6.61 Å². The maximum Gasteiger partial charge on any atom is 0.125 e. The Morgan fingerprint density at radius 3 is 2.80 bits per heavy atom. The van der Waals surface area contributed by atoms with Crippen LogP contribution in [0.3, 0.4) is 0 Å². The SMILES string of the molecule is CC/C=C\OOCC(C)O. The molecule has 3 nitrogen and oxygen atoms in total. The Morgan fingerprint density at radius 2 is 2.30 bits per heavy atom. The standard InChI is InChI=1S/C7H14O3/c1-3-4-5-9-10-6-7(2)8/h4-5,7-8H,3,6H2,1-2H3/b5-4-. The van der Waals surface area contributed by atoms with E-state index in [4.69, 9.17) is 5.11 Å². The highest BCUT2D eigenvalue weighted by Crippen LogP contribution is 1.86. The van der Waals surface area contributed by atoms with Crippen molar-refractivity contribution in [3.05, 3.63) is 12.3 Å². The van der Waals surface area contributed by atoms with Gasteiger partial charge in [-0.3, -0.25) is 0 Å². The average Bonchev–Trinajstić information content (AvgIpc) is 1.87. The molecule has 1 N–H and O–H groups in total. The Hall–Kier alpha value is -0.540. The molecule has 0 heterocycles. The minimum Gasteiger partial charge on any atom is -0.391 e. The molecule has 0 fully saturated rings. The summed E-state index contributed by atoms with van der Waals surface area (Å²) in [6, 6.07) is 0. The molecule has 0 saturated heterocycles. The molecule has 0 rings (SSSR count). The molecule has 0 aromatic heterocycles. The van der Waals surface area contributed by atoms with Gasteiger partial charge in [-0.1, -0.05) is 6.92 Å². The molecule has 1 unspecified atom stereocenters. The van der Waals surface area contributed by atoms with Crippen LogP contribution in [-0.2, 0) is 9.78 Å². The summed E-state index contributed by atoms with van der Waals surface area (Å²) >= 11 is 0. The second kappa shape index (κ2) is 6.58. The summed E-state index contributed by atoms with van der Waals surface area (Å²) in [5.41, 5.74) is 0. The van der Waals surface area contributed by atoms with Gasteiger partial charge in [-0.15, -0.1) is 0 Å². The number of allylic oxidation sites excluding steroid dienone is 1. The zero-order valence-corrected chi connectivity index (χ0v) is 6.41. The maximum atomic E-state index is 8.68. The van der Waals surface area contributed by atoms with E-state index in [0.717, 1.165) is 6.42 Å². The third-order valence-corrected chi connectivity index (χ3v) is 0.765. The molecule has 0 spiro atoms.